The molecule has 2 aromatic rings. The smallest absolute Gasteiger partial charge is 0.240 e. The number of hydrogen-bond donors (Lipinski definition) is 1. The van der Waals surface area contributed by atoms with Gasteiger partial charge in [0.05, 0.1) is 17.7 Å². The maximum atomic E-state index is 13.0. The van der Waals surface area contributed by atoms with Gasteiger partial charge in [-0.2, -0.15) is 0 Å². The maximum absolute atomic E-state index is 13.0. The molecule has 0 bridgehead atoms. The van der Waals surface area contributed by atoms with Gasteiger partial charge in [-0.25, -0.2) is 8.42 Å². The van der Waals surface area contributed by atoms with E-state index < -0.39 is 21.5 Å². The maximum Gasteiger partial charge on any atom is 0.240 e. The van der Waals surface area contributed by atoms with E-state index in [4.69, 9.17) is 4.74 Å². The van der Waals surface area contributed by atoms with Gasteiger partial charge in [0, 0.05) is 0 Å². The van der Waals surface area contributed by atoms with Crippen molar-refractivity contribution in [2.75, 3.05) is 18.2 Å². The molecule has 0 spiro atoms. The second-order valence-electron chi connectivity index (χ2n) is 6.46. The van der Waals surface area contributed by atoms with Gasteiger partial charge in [-0.3, -0.25) is 4.79 Å². The van der Waals surface area contributed by atoms with Crippen LogP contribution >= 0.6 is 0 Å². The van der Waals surface area contributed by atoms with Gasteiger partial charge >= 0.3 is 0 Å². The van der Waals surface area contributed by atoms with E-state index in [1.807, 2.05) is 20.8 Å². The molecule has 26 heavy (non-hydrogen) atoms. The van der Waals surface area contributed by atoms with E-state index in [-0.39, 0.29) is 4.90 Å². The Morgan fingerprint density at radius 3 is 1.96 bits per heavy atom. The van der Waals surface area contributed by atoms with E-state index >= 15 is 0 Å². The van der Waals surface area contributed by atoms with E-state index in [1.54, 1.807) is 38.1 Å². The molecule has 0 saturated carbocycles. The Balaban J connectivity index is 2.37. The van der Waals surface area contributed by atoms with Crippen molar-refractivity contribution in [3.63, 3.8) is 0 Å². The summed E-state index contributed by atoms with van der Waals surface area (Å²) in [6, 6.07) is 6.88. The van der Waals surface area contributed by atoms with Crippen LogP contribution in [0.4, 0.5) is 5.69 Å². The SMILES string of the molecule is COc1ccccc1NC(=O)CS(=O)(=O)c1c(C)c(C)c(C)c(C)c1C. The highest BCUT2D eigenvalue weighted by molar-refractivity contribution is 7.92. The van der Waals surface area contributed by atoms with Crippen LogP contribution < -0.4 is 10.1 Å². The number of hydrogen-bond acceptors (Lipinski definition) is 4. The van der Waals surface area contributed by atoms with Gasteiger partial charge in [0.15, 0.2) is 9.84 Å². The lowest BCUT2D eigenvalue weighted by molar-refractivity contribution is -0.113. The van der Waals surface area contributed by atoms with Gasteiger partial charge in [-0.15, -0.1) is 0 Å². The van der Waals surface area contributed by atoms with Crippen LogP contribution in [0, 0.1) is 34.6 Å². The summed E-state index contributed by atoms with van der Waals surface area (Å²) in [6.07, 6.45) is 0. The third-order valence-corrected chi connectivity index (χ3v) is 6.82. The lowest BCUT2D eigenvalue weighted by atomic mass is 9.95. The highest BCUT2D eigenvalue weighted by Crippen LogP contribution is 2.30. The standard InChI is InChI=1S/C20H25NO4S/c1-12-13(2)15(4)20(16(5)14(12)3)26(23,24)11-19(22)21-17-9-7-8-10-18(17)25-6/h7-10H,11H2,1-6H3,(H,21,22). The fraction of sp³-hybridized carbons (Fsp3) is 0.350. The number of nitrogens with one attached hydrogen (secondary N) is 1. The highest BCUT2D eigenvalue weighted by atomic mass is 32.2. The first-order valence-electron chi connectivity index (χ1n) is 8.32. The summed E-state index contributed by atoms with van der Waals surface area (Å²) < 4.78 is 31.1. The minimum absolute atomic E-state index is 0.258. The zero-order valence-electron chi connectivity index (χ0n) is 16.1. The van der Waals surface area contributed by atoms with Crippen LogP contribution in [-0.4, -0.2) is 27.2 Å². The number of para-hydroxylation sites is 2. The molecule has 0 saturated heterocycles. The van der Waals surface area contributed by atoms with Crippen LogP contribution in [0.3, 0.4) is 0 Å². The summed E-state index contributed by atoms with van der Waals surface area (Å²) in [4.78, 5) is 12.6. The number of carbonyl (C=O) groups excluding carboxylic acids is 1. The number of anilines is 1. The molecule has 5 nitrogen and oxygen atoms in total. The third kappa shape index (κ3) is 3.75. The van der Waals surface area contributed by atoms with Crippen molar-refractivity contribution < 1.29 is 17.9 Å². The van der Waals surface area contributed by atoms with Crippen LogP contribution in [0.15, 0.2) is 29.2 Å². The van der Waals surface area contributed by atoms with Gasteiger partial charge in [0.25, 0.3) is 0 Å². The van der Waals surface area contributed by atoms with E-state index in [1.165, 1.54) is 7.11 Å². The van der Waals surface area contributed by atoms with Crippen molar-refractivity contribution in [2.24, 2.45) is 0 Å². The second-order valence-corrected chi connectivity index (χ2v) is 8.39. The predicted molar refractivity (Wildman–Crippen MR) is 104 cm³/mol. The van der Waals surface area contributed by atoms with E-state index in [0.717, 1.165) is 16.7 Å². The van der Waals surface area contributed by atoms with Crippen LogP contribution in [-0.2, 0) is 14.6 Å². The molecule has 0 unspecified atom stereocenters. The molecule has 6 heteroatoms. The minimum atomic E-state index is -3.78. The third-order valence-electron chi connectivity index (χ3n) is 4.94. The lowest BCUT2D eigenvalue weighted by Gasteiger charge is -2.18. The van der Waals surface area contributed by atoms with Gasteiger partial charge in [0.2, 0.25) is 5.91 Å². The number of benzene rings is 2. The molecule has 0 radical (unpaired) electrons. The van der Waals surface area contributed by atoms with Gasteiger partial charge in [0.1, 0.15) is 11.5 Å². The van der Waals surface area contributed by atoms with Crippen molar-refractivity contribution in [1.29, 1.82) is 0 Å². The zero-order valence-corrected chi connectivity index (χ0v) is 16.9. The Bertz CT molecular complexity index is 933. The van der Waals surface area contributed by atoms with Gasteiger partial charge in [-0.05, 0) is 74.6 Å². The summed E-state index contributed by atoms with van der Waals surface area (Å²) in [5.74, 6) is -0.730. The molecule has 0 atom stereocenters. The number of sulfone groups is 1. The molecule has 0 aliphatic carbocycles. The van der Waals surface area contributed by atoms with Crippen LogP contribution in [0.1, 0.15) is 27.8 Å². The lowest BCUT2D eigenvalue weighted by Crippen LogP contribution is -2.25. The quantitative estimate of drug-likeness (QED) is 0.866. The average molecular weight is 375 g/mol. The number of ether oxygens (including phenoxy) is 1. The first kappa shape index (κ1) is 20.0. The largest absolute Gasteiger partial charge is 0.495 e. The van der Waals surface area contributed by atoms with Crippen LogP contribution in [0.5, 0.6) is 5.75 Å². The number of rotatable bonds is 5. The van der Waals surface area contributed by atoms with Crippen LogP contribution in [0.2, 0.25) is 0 Å². The Morgan fingerprint density at radius 1 is 0.923 bits per heavy atom. The number of methoxy groups -OCH3 is 1. The summed E-state index contributed by atoms with van der Waals surface area (Å²) in [5.41, 5.74) is 4.82. The van der Waals surface area contributed by atoms with Gasteiger partial charge < -0.3 is 10.1 Å². The molecule has 2 aromatic carbocycles. The normalized spacial score (nSPS) is 11.3. The van der Waals surface area contributed by atoms with E-state index in [9.17, 15) is 13.2 Å². The average Bonchev–Trinajstić information content (AvgIpc) is 2.58. The van der Waals surface area contributed by atoms with Crippen LogP contribution in [0.25, 0.3) is 0 Å². The Hall–Kier alpha value is -2.34. The van der Waals surface area contributed by atoms with Crippen molar-refractivity contribution in [3.8, 4) is 5.75 Å². The molecule has 0 aliphatic rings. The molecule has 0 aromatic heterocycles. The Kier molecular flexibility index (Phi) is 5.76. The van der Waals surface area contributed by atoms with E-state index in [0.29, 0.717) is 22.6 Å². The van der Waals surface area contributed by atoms with Crippen molar-refractivity contribution >= 4 is 21.4 Å². The minimum Gasteiger partial charge on any atom is -0.495 e. The Morgan fingerprint density at radius 2 is 1.42 bits per heavy atom. The highest BCUT2D eigenvalue weighted by Gasteiger charge is 2.26. The summed E-state index contributed by atoms with van der Waals surface area (Å²) in [7, 11) is -2.28. The number of amides is 1. The molecule has 1 N–H and O–H groups in total. The fourth-order valence-corrected chi connectivity index (χ4v) is 4.91. The van der Waals surface area contributed by atoms with Crippen molar-refractivity contribution in [3.05, 3.63) is 52.1 Å². The fourth-order valence-electron chi connectivity index (χ4n) is 3.11. The van der Waals surface area contributed by atoms with Gasteiger partial charge in [-0.1, -0.05) is 12.1 Å². The molecule has 1 amide bonds. The van der Waals surface area contributed by atoms with E-state index in [2.05, 4.69) is 5.32 Å². The molecule has 140 valence electrons. The monoisotopic (exact) mass is 375 g/mol. The zero-order chi connectivity index (χ0) is 19.6. The van der Waals surface area contributed by atoms with Crippen molar-refractivity contribution in [1.82, 2.24) is 0 Å². The molecule has 2 rings (SSSR count). The first-order valence-corrected chi connectivity index (χ1v) is 9.98. The molecule has 0 heterocycles. The second kappa shape index (κ2) is 7.50. The molecule has 0 aliphatic heterocycles. The molecular weight excluding hydrogens is 350 g/mol. The van der Waals surface area contributed by atoms with Crippen molar-refractivity contribution in [2.45, 2.75) is 39.5 Å². The topological polar surface area (TPSA) is 72.5 Å². The molecule has 0 fully saturated rings. The first-order chi connectivity index (χ1) is 12.1. The summed E-state index contributed by atoms with van der Waals surface area (Å²) >= 11 is 0. The Labute approximate surface area is 155 Å². The molecular formula is C20H25NO4S. The predicted octanol–water partition coefficient (Wildman–Crippen LogP) is 3.65. The summed E-state index contributed by atoms with van der Waals surface area (Å²) in [5, 5.41) is 2.62. The number of carbonyl (C=O) groups is 1. The summed E-state index contributed by atoms with van der Waals surface area (Å²) in [6.45, 7) is 9.38.